The van der Waals surface area contributed by atoms with E-state index in [-0.39, 0.29) is 17.1 Å². The van der Waals surface area contributed by atoms with E-state index in [9.17, 15) is 14.0 Å². The van der Waals surface area contributed by atoms with Crippen molar-refractivity contribution in [2.45, 2.75) is 12.3 Å². The molecular weight excluding hydrogens is 329 g/mol. The van der Waals surface area contributed by atoms with Gasteiger partial charge in [-0.15, -0.1) is 11.8 Å². The number of thioether (sulfide) groups is 1. The van der Waals surface area contributed by atoms with E-state index in [2.05, 4.69) is 0 Å². The van der Waals surface area contributed by atoms with Crippen molar-refractivity contribution < 1.29 is 18.7 Å². The maximum atomic E-state index is 13.2. The molecule has 2 aromatic carbocycles. The molecule has 6 heteroatoms. The predicted octanol–water partition coefficient (Wildman–Crippen LogP) is 3.70. The molecule has 1 aliphatic heterocycles. The van der Waals surface area contributed by atoms with Crippen LogP contribution in [-0.4, -0.2) is 24.7 Å². The first-order chi connectivity index (χ1) is 11.5. The largest absolute Gasteiger partial charge is 0.465 e. The van der Waals surface area contributed by atoms with Gasteiger partial charge in [-0.05, 0) is 42.3 Å². The number of benzene rings is 2. The molecule has 24 heavy (non-hydrogen) atoms. The molecule has 1 fully saturated rings. The Bertz CT molecular complexity index is 791. The lowest BCUT2D eigenvalue weighted by molar-refractivity contribution is -0.115. The van der Waals surface area contributed by atoms with Gasteiger partial charge in [0, 0.05) is 5.69 Å². The third kappa shape index (κ3) is 3.01. The first-order valence-corrected chi connectivity index (χ1v) is 8.44. The quantitative estimate of drug-likeness (QED) is 0.796. The first kappa shape index (κ1) is 16.5. The van der Waals surface area contributed by atoms with Crippen LogP contribution in [0.3, 0.4) is 0 Å². The Morgan fingerprint density at radius 3 is 2.62 bits per heavy atom. The summed E-state index contributed by atoms with van der Waals surface area (Å²) in [6, 6.07) is 11.3. The molecule has 0 radical (unpaired) electrons. The summed E-state index contributed by atoms with van der Waals surface area (Å²) in [4.78, 5) is 25.9. The third-order valence-electron chi connectivity index (χ3n) is 3.91. The summed E-state index contributed by atoms with van der Waals surface area (Å²) in [5.41, 5.74) is 2.78. The van der Waals surface area contributed by atoms with Crippen LogP contribution in [0, 0.1) is 12.7 Å². The van der Waals surface area contributed by atoms with Crippen molar-refractivity contribution in [3.8, 4) is 0 Å². The normalized spacial score (nSPS) is 17.2. The number of anilines is 1. The molecule has 0 aliphatic carbocycles. The van der Waals surface area contributed by atoms with Crippen LogP contribution in [0.1, 0.15) is 26.9 Å². The maximum absolute atomic E-state index is 13.2. The first-order valence-electron chi connectivity index (χ1n) is 7.39. The maximum Gasteiger partial charge on any atom is 0.337 e. The van der Waals surface area contributed by atoms with E-state index >= 15 is 0 Å². The summed E-state index contributed by atoms with van der Waals surface area (Å²) < 4.78 is 17.9. The molecule has 1 atom stereocenters. The average molecular weight is 345 g/mol. The summed E-state index contributed by atoms with van der Waals surface area (Å²) in [5.74, 6) is -0.471. The van der Waals surface area contributed by atoms with Gasteiger partial charge < -0.3 is 4.74 Å². The Hall–Kier alpha value is -2.34. The smallest absolute Gasteiger partial charge is 0.337 e. The van der Waals surface area contributed by atoms with Crippen molar-refractivity contribution in [1.29, 1.82) is 0 Å². The Morgan fingerprint density at radius 2 is 1.96 bits per heavy atom. The highest BCUT2D eigenvalue weighted by molar-refractivity contribution is 8.00. The fourth-order valence-corrected chi connectivity index (χ4v) is 3.84. The topological polar surface area (TPSA) is 46.6 Å². The number of rotatable bonds is 3. The average Bonchev–Trinajstić information content (AvgIpc) is 2.97. The van der Waals surface area contributed by atoms with Gasteiger partial charge in [0.1, 0.15) is 11.2 Å². The lowest BCUT2D eigenvalue weighted by Crippen LogP contribution is -2.28. The van der Waals surface area contributed by atoms with Gasteiger partial charge in [-0.25, -0.2) is 9.18 Å². The van der Waals surface area contributed by atoms with Crippen molar-refractivity contribution in [3.05, 3.63) is 65.0 Å². The summed E-state index contributed by atoms with van der Waals surface area (Å²) in [7, 11) is 1.32. The molecule has 3 rings (SSSR count). The highest BCUT2D eigenvalue weighted by Gasteiger charge is 2.35. The number of nitrogens with zero attached hydrogens (tertiary/aromatic N) is 1. The monoisotopic (exact) mass is 345 g/mol. The molecule has 1 unspecified atom stereocenters. The van der Waals surface area contributed by atoms with Crippen LogP contribution in [0.5, 0.6) is 0 Å². The highest BCUT2D eigenvalue weighted by atomic mass is 32.2. The molecule has 1 amide bonds. The highest BCUT2D eigenvalue weighted by Crippen LogP contribution is 2.43. The van der Waals surface area contributed by atoms with Gasteiger partial charge >= 0.3 is 5.97 Å². The summed E-state index contributed by atoms with van der Waals surface area (Å²) >= 11 is 1.48. The molecular formula is C18H16FNO3S. The van der Waals surface area contributed by atoms with Gasteiger partial charge in [0.05, 0.1) is 18.4 Å². The SMILES string of the molecule is COC(=O)c1ccc(C)c(N2C(=O)CSC2c2ccc(F)cc2)c1. The number of methoxy groups -OCH3 is 1. The summed E-state index contributed by atoms with van der Waals surface area (Å²) in [6.45, 7) is 1.88. The van der Waals surface area contributed by atoms with Crippen LogP contribution in [0.2, 0.25) is 0 Å². The van der Waals surface area contributed by atoms with E-state index < -0.39 is 5.97 Å². The molecule has 1 heterocycles. The molecule has 2 aromatic rings. The van der Waals surface area contributed by atoms with Crippen LogP contribution in [0.25, 0.3) is 0 Å². The van der Waals surface area contributed by atoms with Crippen molar-refractivity contribution in [1.82, 2.24) is 0 Å². The Kier molecular flexibility index (Phi) is 4.57. The zero-order valence-electron chi connectivity index (χ0n) is 13.3. The Labute approximate surface area is 143 Å². The number of hydrogen-bond donors (Lipinski definition) is 0. The molecule has 1 saturated heterocycles. The van der Waals surface area contributed by atoms with Crippen LogP contribution in [0.15, 0.2) is 42.5 Å². The minimum absolute atomic E-state index is 0.0422. The van der Waals surface area contributed by atoms with Crippen LogP contribution in [0.4, 0.5) is 10.1 Å². The van der Waals surface area contributed by atoms with E-state index in [0.29, 0.717) is 17.0 Å². The predicted molar refractivity (Wildman–Crippen MR) is 91.6 cm³/mol. The summed E-state index contributed by atoms with van der Waals surface area (Å²) in [6.07, 6.45) is 0. The fraction of sp³-hybridized carbons (Fsp3) is 0.222. The molecule has 1 aliphatic rings. The molecule has 0 N–H and O–H groups in total. The minimum atomic E-state index is -0.450. The molecule has 0 spiro atoms. The van der Waals surface area contributed by atoms with Gasteiger partial charge in [0.15, 0.2) is 0 Å². The van der Waals surface area contributed by atoms with Gasteiger partial charge in [0.25, 0.3) is 0 Å². The number of halogens is 1. The minimum Gasteiger partial charge on any atom is -0.465 e. The van der Waals surface area contributed by atoms with Gasteiger partial charge in [-0.1, -0.05) is 18.2 Å². The van der Waals surface area contributed by atoms with Crippen LogP contribution >= 0.6 is 11.8 Å². The zero-order valence-corrected chi connectivity index (χ0v) is 14.1. The number of esters is 1. The lowest BCUT2D eigenvalue weighted by atomic mass is 10.1. The standard InChI is InChI=1S/C18H16FNO3S/c1-11-3-4-13(18(22)23-2)9-15(11)20-16(21)10-24-17(20)12-5-7-14(19)8-6-12/h3-9,17H,10H2,1-2H3. The second-order valence-corrected chi connectivity index (χ2v) is 6.54. The lowest BCUT2D eigenvalue weighted by Gasteiger charge is -2.26. The van der Waals surface area contributed by atoms with Gasteiger partial charge in [0.2, 0.25) is 5.91 Å². The molecule has 124 valence electrons. The molecule has 0 aromatic heterocycles. The second-order valence-electron chi connectivity index (χ2n) is 5.47. The van der Waals surface area contributed by atoms with E-state index in [1.807, 2.05) is 6.92 Å². The number of hydrogen-bond acceptors (Lipinski definition) is 4. The second kappa shape index (κ2) is 6.65. The van der Waals surface area contributed by atoms with Crippen LogP contribution in [-0.2, 0) is 9.53 Å². The van der Waals surface area contributed by atoms with Crippen LogP contribution < -0.4 is 4.90 Å². The number of carbonyl (C=O) groups is 2. The number of amides is 1. The van der Waals surface area contributed by atoms with E-state index in [1.165, 1.54) is 31.0 Å². The van der Waals surface area contributed by atoms with E-state index in [0.717, 1.165) is 11.1 Å². The Morgan fingerprint density at radius 1 is 1.25 bits per heavy atom. The van der Waals surface area contributed by atoms with Gasteiger partial charge in [-0.2, -0.15) is 0 Å². The Balaban J connectivity index is 2.03. The molecule has 4 nitrogen and oxygen atoms in total. The fourth-order valence-electron chi connectivity index (χ4n) is 2.67. The van der Waals surface area contributed by atoms with Crippen molar-refractivity contribution >= 4 is 29.3 Å². The van der Waals surface area contributed by atoms with E-state index in [1.54, 1.807) is 35.2 Å². The molecule has 0 bridgehead atoms. The van der Waals surface area contributed by atoms with Gasteiger partial charge in [-0.3, -0.25) is 9.69 Å². The number of carbonyl (C=O) groups excluding carboxylic acids is 2. The zero-order chi connectivity index (χ0) is 17.3. The van der Waals surface area contributed by atoms with E-state index in [4.69, 9.17) is 4.74 Å². The summed E-state index contributed by atoms with van der Waals surface area (Å²) in [5, 5.41) is -0.246. The third-order valence-corrected chi connectivity index (χ3v) is 5.13. The molecule has 0 saturated carbocycles. The number of ether oxygens (including phenoxy) is 1. The van der Waals surface area contributed by atoms with Crippen molar-refractivity contribution in [3.63, 3.8) is 0 Å². The van der Waals surface area contributed by atoms with Crippen molar-refractivity contribution in [2.24, 2.45) is 0 Å². The number of aryl methyl sites for hydroxylation is 1. The van der Waals surface area contributed by atoms with Crippen molar-refractivity contribution in [2.75, 3.05) is 17.8 Å².